The van der Waals surface area contributed by atoms with Crippen LogP contribution in [0.5, 0.6) is 0 Å². The lowest BCUT2D eigenvalue weighted by atomic mass is 9.94. The van der Waals surface area contributed by atoms with E-state index in [-0.39, 0.29) is 5.82 Å². The Hall–Kier alpha value is -0.680. The molecule has 0 aromatic heterocycles. The molecule has 1 aliphatic heterocycles. The standard InChI is InChI=1S/C13H17ClFNO2/c14-11-1-2-12(15)10(7-11)8-16-9-13(17)3-5-18-6-4-13/h1-2,7,16-17H,3-6,8-9H2. The Morgan fingerprint density at radius 3 is 2.83 bits per heavy atom. The van der Waals surface area contributed by atoms with E-state index in [1.54, 1.807) is 6.07 Å². The number of nitrogens with one attached hydrogen (secondary N) is 1. The summed E-state index contributed by atoms with van der Waals surface area (Å²) < 4.78 is 18.6. The van der Waals surface area contributed by atoms with Crippen LogP contribution >= 0.6 is 11.6 Å². The summed E-state index contributed by atoms with van der Waals surface area (Å²) in [6.07, 6.45) is 1.22. The predicted molar refractivity (Wildman–Crippen MR) is 68.1 cm³/mol. The Morgan fingerprint density at radius 2 is 2.11 bits per heavy atom. The van der Waals surface area contributed by atoms with Crippen molar-refractivity contribution < 1.29 is 14.2 Å². The maximum Gasteiger partial charge on any atom is 0.127 e. The van der Waals surface area contributed by atoms with Gasteiger partial charge in [-0.15, -0.1) is 0 Å². The number of aliphatic hydroxyl groups is 1. The van der Waals surface area contributed by atoms with Gasteiger partial charge in [-0.3, -0.25) is 0 Å². The maximum absolute atomic E-state index is 13.4. The first kappa shape index (κ1) is 13.7. The van der Waals surface area contributed by atoms with Crippen molar-refractivity contribution in [3.63, 3.8) is 0 Å². The molecule has 3 nitrogen and oxygen atoms in total. The fourth-order valence-corrected chi connectivity index (χ4v) is 2.23. The van der Waals surface area contributed by atoms with E-state index in [1.165, 1.54) is 12.1 Å². The first-order valence-corrected chi connectivity index (χ1v) is 6.42. The molecule has 100 valence electrons. The summed E-state index contributed by atoms with van der Waals surface area (Å²) in [6, 6.07) is 4.47. The van der Waals surface area contributed by atoms with Gasteiger partial charge in [0, 0.05) is 49.7 Å². The molecule has 1 fully saturated rings. The topological polar surface area (TPSA) is 41.5 Å². The monoisotopic (exact) mass is 273 g/mol. The van der Waals surface area contributed by atoms with Crippen molar-refractivity contribution in [3.05, 3.63) is 34.6 Å². The van der Waals surface area contributed by atoms with Crippen LogP contribution in [0.3, 0.4) is 0 Å². The molecule has 0 spiro atoms. The normalized spacial score (nSPS) is 18.8. The van der Waals surface area contributed by atoms with Gasteiger partial charge in [0.2, 0.25) is 0 Å². The van der Waals surface area contributed by atoms with Crippen LogP contribution in [0.25, 0.3) is 0 Å². The van der Waals surface area contributed by atoms with Crippen molar-refractivity contribution in [2.24, 2.45) is 0 Å². The van der Waals surface area contributed by atoms with Crippen LogP contribution in [-0.4, -0.2) is 30.5 Å². The second kappa shape index (κ2) is 5.97. The highest BCUT2D eigenvalue weighted by atomic mass is 35.5. The Labute approximate surface area is 111 Å². The van der Waals surface area contributed by atoms with Crippen LogP contribution in [0.4, 0.5) is 4.39 Å². The lowest BCUT2D eigenvalue weighted by Gasteiger charge is -2.32. The molecule has 1 aromatic carbocycles. The van der Waals surface area contributed by atoms with Crippen molar-refractivity contribution in [1.29, 1.82) is 0 Å². The highest BCUT2D eigenvalue weighted by Gasteiger charge is 2.29. The summed E-state index contributed by atoms with van der Waals surface area (Å²) in [4.78, 5) is 0. The lowest BCUT2D eigenvalue weighted by Crippen LogP contribution is -2.44. The zero-order valence-electron chi connectivity index (χ0n) is 10.1. The van der Waals surface area contributed by atoms with Crippen LogP contribution < -0.4 is 5.32 Å². The van der Waals surface area contributed by atoms with Crippen molar-refractivity contribution in [3.8, 4) is 0 Å². The molecule has 2 N–H and O–H groups in total. The van der Waals surface area contributed by atoms with Gasteiger partial charge in [0.15, 0.2) is 0 Å². The third kappa shape index (κ3) is 3.65. The zero-order chi connectivity index (χ0) is 13.0. The molecule has 0 aliphatic carbocycles. The van der Waals surface area contributed by atoms with Gasteiger partial charge in [-0.05, 0) is 18.2 Å². The summed E-state index contributed by atoms with van der Waals surface area (Å²) in [6.45, 7) is 1.94. The van der Waals surface area contributed by atoms with Gasteiger partial charge in [-0.1, -0.05) is 11.6 Å². The van der Waals surface area contributed by atoms with Crippen molar-refractivity contribution in [2.75, 3.05) is 19.8 Å². The van der Waals surface area contributed by atoms with Crippen molar-refractivity contribution >= 4 is 11.6 Å². The van der Waals surface area contributed by atoms with E-state index in [0.29, 0.717) is 49.7 Å². The molecule has 0 unspecified atom stereocenters. The first-order chi connectivity index (χ1) is 8.59. The minimum atomic E-state index is -0.743. The van der Waals surface area contributed by atoms with Crippen molar-refractivity contribution in [2.45, 2.75) is 25.0 Å². The molecule has 0 atom stereocenters. The Morgan fingerprint density at radius 1 is 1.39 bits per heavy atom. The third-order valence-electron chi connectivity index (χ3n) is 3.20. The smallest absolute Gasteiger partial charge is 0.127 e. The highest BCUT2D eigenvalue weighted by molar-refractivity contribution is 6.30. The fourth-order valence-electron chi connectivity index (χ4n) is 2.04. The van der Waals surface area contributed by atoms with Crippen molar-refractivity contribution in [1.82, 2.24) is 5.32 Å². The predicted octanol–water partition coefficient (Wildman–Crippen LogP) is 2.11. The van der Waals surface area contributed by atoms with Gasteiger partial charge in [0.25, 0.3) is 0 Å². The Balaban J connectivity index is 1.86. The fraction of sp³-hybridized carbons (Fsp3) is 0.538. The van der Waals surface area contributed by atoms with Crippen LogP contribution in [0.1, 0.15) is 18.4 Å². The number of hydrogen-bond donors (Lipinski definition) is 2. The molecule has 0 radical (unpaired) electrons. The average Bonchev–Trinajstić information content (AvgIpc) is 2.34. The number of rotatable bonds is 4. The van der Waals surface area contributed by atoms with Crippen LogP contribution in [0.15, 0.2) is 18.2 Å². The van der Waals surface area contributed by atoms with E-state index in [0.717, 1.165) is 0 Å². The molecular weight excluding hydrogens is 257 g/mol. The number of benzene rings is 1. The SMILES string of the molecule is OC1(CNCc2cc(Cl)ccc2F)CCOCC1. The molecule has 5 heteroatoms. The molecule has 1 heterocycles. The first-order valence-electron chi connectivity index (χ1n) is 6.04. The molecule has 0 amide bonds. The maximum atomic E-state index is 13.4. The minimum absolute atomic E-state index is 0.286. The molecule has 1 saturated heterocycles. The van der Waals surface area contributed by atoms with Gasteiger partial charge in [-0.2, -0.15) is 0 Å². The van der Waals surface area contributed by atoms with Gasteiger partial charge in [-0.25, -0.2) is 4.39 Å². The molecule has 18 heavy (non-hydrogen) atoms. The summed E-state index contributed by atoms with van der Waals surface area (Å²) >= 11 is 5.81. The highest BCUT2D eigenvalue weighted by Crippen LogP contribution is 2.20. The quantitative estimate of drug-likeness (QED) is 0.883. The summed E-state index contributed by atoms with van der Waals surface area (Å²) in [5, 5.41) is 13.8. The van der Waals surface area contributed by atoms with Crippen LogP contribution in [0, 0.1) is 5.82 Å². The zero-order valence-corrected chi connectivity index (χ0v) is 10.8. The van der Waals surface area contributed by atoms with Gasteiger partial charge in [0.05, 0.1) is 5.60 Å². The Bertz CT molecular complexity index is 408. The third-order valence-corrected chi connectivity index (χ3v) is 3.44. The van der Waals surface area contributed by atoms with E-state index in [9.17, 15) is 9.50 Å². The van der Waals surface area contributed by atoms with Crippen LogP contribution in [0.2, 0.25) is 5.02 Å². The van der Waals surface area contributed by atoms with E-state index in [1.807, 2.05) is 0 Å². The summed E-state index contributed by atoms with van der Waals surface area (Å²) in [7, 11) is 0. The molecule has 2 rings (SSSR count). The summed E-state index contributed by atoms with van der Waals surface area (Å²) in [5.74, 6) is -0.286. The number of ether oxygens (including phenoxy) is 1. The van der Waals surface area contributed by atoms with Gasteiger partial charge in [0.1, 0.15) is 5.82 Å². The number of halogens is 2. The summed E-state index contributed by atoms with van der Waals surface area (Å²) in [5.41, 5.74) is -0.231. The molecule has 1 aliphatic rings. The molecule has 0 bridgehead atoms. The Kier molecular flexibility index (Phi) is 4.56. The van der Waals surface area contributed by atoms with E-state index in [2.05, 4.69) is 5.32 Å². The number of hydrogen-bond acceptors (Lipinski definition) is 3. The van der Waals surface area contributed by atoms with E-state index in [4.69, 9.17) is 16.3 Å². The van der Waals surface area contributed by atoms with Gasteiger partial charge >= 0.3 is 0 Å². The largest absolute Gasteiger partial charge is 0.388 e. The molecule has 1 aromatic rings. The van der Waals surface area contributed by atoms with Gasteiger partial charge < -0.3 is 15.2 Å². The van der Waals surface area contributed by atoms with E-state index < -0.39 is 5.60 Å². The minimum Gasteiger partial charge on any atom is -0.388 e. The average molecular weight is 274 g/mol. The van der Waals surface area contributed by atoms with E-state index >= 15 is 0 Å². The molecular formula is C13H17ClFNO2. The molecule has 0 saturated carbocycles. The van der Waals surface area contributed by atoms with Crippen LogP contribution in [-0.2, 0) is 11.3 Å². The second-order valence-electron chi connectivity index (χ2n) is 4.68. The second-order valence-corrected chi connectivity index (χ2v) is 5.11. The lowest BCUT2D eigenvalue weighted by molar-refractivity contribution is -0.0617.